The van der Waals surface area contributed by atoms with Gasteiger partial charge in [-0.15, -0.1) is 0 Å². The minimum Gasteiger partial charge on any atom is -0.492 e. The normalized spacial score (nSPS) is 12.1. The molecule has 0 aliphatic carbocycles. The monoisotopic (exact) mass is 347 g/mol. The summed E-state index contributed by atoms with van der Waals surface area (Å²) >= 11 is 0. The third-order valence-electron chi connectivity index (χ3n) is 4.24. The average Bonchev–Trinajstić information content (AvgIpc) is 2.60. The minimum atomic E-state index is -3.51. The highest BCUT2D eigenvalue weighted by Gasteiger charge is 2.19. The summed E-state index contributed by atoms with van der Waals surface area (Å²) < 4.78 is 32.7. The molecule has 2 rings (SSSR count). The summed E-state index contributed by atoms with van der Waals surface area (Å²) in [5, 5.41) is 0. The number of nitrogens with one attached hydrogen (secondary N) is 1. The number of sulfonamides is 1. The van der Waals surface area contributed by atoms with E-state index in [1.54, 1.807) is 12.1 Å². The lowest BCUT2D eigenvalue weighted by Crippen LogP contribution is -2.28. The van der Waals surface area contributed by atoms with E-state index in [2.05, 4.69) is 25.5 Å². The fraction of sp³-hybridized carbons (Fsp3) is 0.368. The lowest BCUT2D eigenvalue weighted by molar-refractivity contribution is 0.323. The highest BCUT2D eigenvalue weighted by atomic mass is 32.2. The lowest BCUT2D eigenvalue weighted by atomic mass is 9.82. The van der Waals surface area contributed by atoms with E-state index in [-0.39, 0.29) is 23.5 Å². The van der Waals surface area contributed by atoms with Crippen LogP contribution in [0.25, 0.3) is 0 Å². The topological polar surface area (TPSA) is 55.4 Å². The van der Waals surface area contributed by atoms with Crippen LogP contribution in [-0.4, -0.2) is 21.6 Å². The molecule has 0 aliphatic heterocycles. The summed E-state index contributed by atoms with van der Waals surface area (Å²) in [7, 11) is -3.51. The molecule has 0 atom stereocenters. The third kappa shape index (κ3) is 4.82. The van der Waals surface area contributed by atoms with Crippen molar-refractivity contribution in [2.45, 2.75) is 37.5 Å². The van der Waals surface area contributed by atoms with Crippen LogP contribution in [0.3, 0.4) is 0 Å². The van der Waals surface area contributed by atoms with Crippen molar-refractivity contribution in [3.05, 3.63) is 60.2 Å². The maximum Gasteiger partial charge on any atom is 0.240 e. The Balaban J connectivity index is 1.93. The molecule has 2 aromatic carbocycles. The van der Waals surface area contributed by atoms with E-state index in [9.17, 15) is 8.42 Å². The van der Waals surface area contributed by atoms with E-state index >= 15 is 0 Å². The van der Waals surface area contributed by atoms with Crippen molar-refractivity contribution in [2.24, 2.45) is 0 Å². The second kappa shape index (κ2) is 7.81. The van der Waals surface area contributed by atoms with Gasteiger partial charge >= 0.3 is 0 Å². The Morgan fingerprint density at radius 3 is 2.21 bits per heavy atom. The summed E-state index contributed by atoms with van der Waals surface area (Å²) in [6, 6.07) is 16.4. The number of benzene rings is 2. The van der Waals surface area contributed by atoms with E-state index < -0.39 is 10.0 Å². The molecule has 0 fully saturated rings. The maximum atomic E-state index is 12.3. The van der Waals surface area contributed by atoms with Gasteiger partial charge in [0.15, 0.2) is 0 Å². The zero-order valence-corrected chi connectivity index (χ0v) is 15.3. The van der Waals surface area contributed by atoms with Crippen molar-refractivity contribution >= 4 is 10.0 Å². The van der Waals surface area contributed by atoms with Crippen molar-refractivity contribution in [1.29, 1.82) is 0 Å². The van der Waals surface area contributed by atoms with E-state index in [0.717, 1.165) is 17.7 Å². The first-order valence-corrected chi connectivity index (χ1v) is 9.61. The van der Waals surface area contributed by atoms with Crippen LogP contribution >= 0.6 is 0 Å². The second-order valence-electron chi connectivity index (χ2n) is 6.32. The van der Waals surface area contributed by atoms with Gasteiger partial charge in [0.2, 0.25) is 10.0 Å². The van der Waals surface area contributed by atoms with Gasteiger partial charge in [-0.1, -0.05) is 51.1 Å². The van der Waals surface area contributed by atoms with Gasteiger partial charge in [0.05, 0.1) is 4.90 Å². The lowest BCUT2D eigenvalue weighted by Gasteiger charge is -2.23. The van der Waals surface area contributed by atoms with Gasteiger partial charge < -0.3 is 4.74 Å². The van der Waals surface area contributed by atoms with Crippen LogP contribution in [0.5, 0.6) is 5.75 Å². The van der Waals surface area contributed by atoms with E-state index in [4.69, 9.17) is 4.74 Å². The zero-order valence-electron chi connectivity index (χ0n) is 14.5. The third-order valence-corrected chi connectivity index (χ3v) is 5.71. The van der Waals surface area contributed by atoms with Crippen LogP contribution < -0.4 is 9.46 Å². The highest BCUT2D eigenvalue weighted by Crippen LogP contribution is 2.27. The summed E-state index contributed by atoms with van der Waals surface area (Å²) in [5.74, 6) is 0.725. The molecule has 1 N–H and O–H groups in total. The Morgan fingerprint density at radius 1 is 1.00 bits per heavy atom. The molecule has 2 aromatic rings. The van der Waals surface area contributed by atoms with Gasteiger partial charge in [0, 0.05) is 6.54 Å². The van der Waals surface area contributed by atoms with Gasteiger partial charge in [-0.3, -0.25) is 0 Å². The summed E-state index contributed by atoms with van der Waals surface area (Å²) in [6.45, 7) is 6.92. The van der Waals surface area contributed by atoms with Gasteiger partial charge in [-0.25, -0.2) is 13.1 Å². The van der Waals surface area contributed by atoms with Gasteiger partial charge in [0.25, 0.3) is 0 Å². The molecule has 0 radical (unpaired) electrons. The standard InChI is InChI=1S/C19H25NO3S/c1-4-19(2,3)16-10-12-18(13-11-16)24(21,22)20-14-15-23-17-8-6-5-7-9-17/h5-13,20H,4,14-15H2,1-3H3. The van der Waals surface area contributed by atoms with Crippen LogP contribution in [0, 0.1) is 0 Å². The van der Waals surface area contributed by atoms with E-state index in [0.29, 0.717) is 0 Å². The number of hydrogen-bond acceptors (Lipinski definition) is 3. The fourth-order valence-corrected chi connectivity index (χ4v) is 3.25. The average molecular weight is 347 g/mol. The van der Waals surface area contributed by atoms with Crippen molar-refractivity contribution in [3.8, 4) is 5.75 Å². The smallest absolute Gasteiger partial charge is 0.240 e. The number of ether oxygens (including phenoxy) is 1. The molecule has 0 bridgehead atoms. The molecule has 0 unspecified atom stereocenters. The van der Waals surface area contributed by atoms with E-state index in [1.165, 1.54) is 0 Å². The second-order valence-corrected chi connectivity index (χ2v) is 8.09. The first-order chi connectivity index (χ1) is 11.3. The van der Waals surface area contributed by atoms with Gasteiger partial charge in [-0.05, 0) is 41.7 Å². The molecule has 24 heavy (non-hydrogen) atoms. The molecule has 0 aromatic heterocycles. The van der Waals surface area contributed by atoms with Crippen LogP contribution in [0.1, 0.15) is 32.8 Å². The molecule has 4 nitrogen and oxygen atoms in total. The maximum absolute atomic E-state index is 12.3. The van der Waals surface area contributed by atoms with Crippen molar-refractivity contribution in [2.75, 3.05) is 13.2 Å². The summed E-state index contributed by atoms with van der Waals surface area (Å²) in [4.78, 5) is 0.276. The van der Waals surface area contributed by atoms with Crippen molar-refractivity contribution in [1.82, 2.24) is 4.72 Å². The number of hydrogen-bond donors (Lipinski definition) is 1. The van der Waals surface area contributed by atoms with E-state index in [1.807, 2.05) is 42.5 Å². The molecule has 130 valence electrons. The minimum absolute atomic E-state index is 0.0409. The highest BCUT2D eigenvalue weighted by molar-refractivity contribution is 7.89. The quantitative estimate of drug-likeness (QED) is 0.740. The van der Waals surface area contributed by atoms with Crippen LogP contribution in [-0.2, 0) is 15.4 Å². The molecule has 0 aliphatic rings. The molecule has 0 heterocycles. The molecular formula is C19H25NO3S. The summed E-state index contributed by atoms with van der Waals surface area (Å²) in [6.07, 6.45) is 0.994. The molecule has 0 amide bonds. The van der Waals surface area contributed by atoms with Crippen LogP contribution in [0.4, 0.5) is 0 Å². The molecule has 5 heteroatoms. The Kier molecular flexibility index (Phi) is 6.02. The largest absolute Gasteiger partial charge is 0.492 e. The Bertz CT molecular complexity index is 738. The predicted octanol–water partition coefficient (Wildman–Crippen LogP) is 3.73. The van der Waals surface area contributed by atoms with Crippen LogP contribution in [0.2, 0.25) is 0 Å². The molecular weight excluding hydrogens is 322 g/mol. The fourth-order valence-electron chi connectivity index (χ4n) is 2.23. The Morgan fingerprint density at radius 2 is 1.62 bits per heavy atom. The van der Waals surface area contributed by atoms with Gasteiger partial charge in [-0.2, -0.15) is 0 Å². The number of para-hydroxylation sites is 1. The summed E-state index contributed by atoms with van der Waals surface area (Å²) in [5.41, 5.74) is 1.18. The first kappa shape index (κ1) is 18.5. The predicted molar refractivity (Wildman–Crippen MR) is 96.9 cm³/mol. The molecule has 0 saturated carbocycles. The Hall–Kier alpha value is -1.85. The first-order valence-electron chi connectivity index (χ1n) is 8.13. The zero-order chi connectivity index (χ0) is 17.6. The molecule has 0 spiro atoms. The van der Waals surface area contributed by atoms with Crippen molar-refractivity contribution < 1.29 is 13.2 Å². The van der Waals surface area contributed by atoms with Gasteiger partial charge in [0.1, 0.15) is 12.4 Å². The number of rotatable bonds is 8. The van der Waals surface area contributed by atoms with Crippen molar-refractivity contribution in [3.63, 3.8) is 0 Å². The Labute approximate surface area is 144 Å². The van der Waals surface area contributed by atoms with Crippen LogP contribution in [0.15, 0.2) is 59.5 Å². The molecule has 0 saturated heterocycles. The SMILES string of the molecule is CCC(C)(C)c1ccc(S(=O)(=O)NCCOc2ccccc2)cc1.